The van der Waals surface area contributed by atoms with Crippen LogP contribution in [0.1, 0.15) is 59.8 Å². The Balaban J connectivity index is 2.78. The topological polar surface area (TPSA) is 72.2 Å². The molecule has 19 heavy (non-hydrogen) atoms. The number of carbonyl (C=O) groups is 2. The lowest BCUT2D eigenvalue weighted by Gasteiger charge is -2.28. The molecule has 1 aliphatic rings. The molecule has 4 heteroatoms. The van der Waals surface area contributed by atoms with Gasteiger partial charge in [0.05, 0.1) is 0 Å². The quantitative estimate of drug-likeness (QED) is 0.743. The highest BCUT2D eigenvalue weighted by Crippen LogP contribution is 2.38. The lowest BCUT2D eigenvalue weighted by Crippen LogP contribution is -2.47. The van der Waals surface area contributed by atoms with Gasteiger partial charge in [0, 0.05) is 17.4 Å². The van der Waals surface area contributed by atoms with E-state index < -0.39 is 0 Å². The van der Waals surface area contributed by atoms with Crippen molar-refractivity contribution in [2.75, 3.05) is 0 Å². The third kappa shape index (κ3) is 5.62. The third-order valence-corrected chi connectivity index (χ3v) is 3.57. The maximum Gasteiger partial charge on any atom is 0.224 e. The zero-order chi connectivity index (χ0) is 14.6. The van der Waals surface area contributed by atoms with E-state index in [9.17, 15) is 9.59 Å². The van der Waals surface area contributed by atoms with Gasteiger partial charge < -0.3 is 11.1 Å². The highest BCUT2D eigenvalue weighted by Gasteiger charge is 2.37. The summed E-state index contributed by atoms with van der Waals surface area (Å²) in [5, 5.41) is 3.00. The zero-order valence-electron chi connectivity index (χ0n) is 12.7. The number of amides is 2. The van der Waals surface area contributed by atoms with Crippen molar-refractivity contribution >= 4 is 11.8 Å². The van der Waals surface area contributed by atoms with E-state index in [2.05, 4.69) is 5.32 Å². The maximum atomic E-state index is 12.4. The second-order valence-electron chi connectivity index (χ2n) is 6.82. The van der Waals surface area contributed by atoms with Crippen LogP contribution in [-0.2, 0) is 9.59 Å². The van der Waals surface area contributed by atoms with E-state index in [0.29, 0.717) is 12.3 Å². The number of rotatable bonds is 7. The predicted octanol–water partition coefficient (Wildman–Crippen LogP) is 2.22. The van der Waals surface area contributed by atoms with Crippen LogP contribution in [0, 0.1) is 17.8 Å². The molecule has 1 saturated carbocycles. The molecule has 0 unspecified atom stereocenters. The van der Waals surface area contributed by atoms with Gasteiger partial charge in [-0.1, -0.05) is 26.2 Å². The summed E-state index contributed by atoms with van der Waals surface area (Å²) in [5.74, 6) is -0.334. The lowest BCUT2D eigenvalue weighted by atomic mass is 9.83. The number of hydrogen-bond donors (Lipinski definition) is 2. The van der Waals surface area contributed by atoms with Crippen molar-refractivity contribution in [3.63, 3.8) is 0 Å². The fourth-order valence-electron chi connectivity index (χ4n) is 2.48. The van der Waals surface area contributed by atoms with Crippen molar-refractivity contribution in [3.05, 3.63) is 0 Å². The summed E-state index contributed by atoms with van der Waals surface area (Å²) in [6.07, 6.45) is 4.73. The minimum Gasteiger partial charge on any atom is -0.369 e. The monoisotopic (exact) mass is 268 g/mol. The summed E-state index contributed by atoms with van der Waals surface area (Å²) < 4.78 is 0. The van der Waals surface area contributed by atoms with Crippen molar-refractivity contribution in [2.24, 2.45) is 23.5 Å². The standard InChI is InChI=1S/C15H28N2O2/c1-5-6-11(13(16)18)12(9-10-7-8-10)14(19)17-15(2,3)4/h10-12H,5-9H2,1-4H3,(H2,16,18)(H,17,19)/t11-,12+/m0/s1. The Bertz CT molecular complexity index is 330. The average Bonchev–Trinajstić information content (AvgIpc) is 3.04. The summed E-state index contributed by atoms with van der Waals surface area (Å²) in [5.41, 5.74) is 5.23. The van der Waals surface area contributed by atoms with Crippen LogP contribution in [0.3, 0.4) is 0 Å². The first-order valence-corrected chi connectivity index (χ1v) is 7.36. The van der Waals surface area contributed by atoms with Gasteiger partial charge in [-0.3, -0.25) is 9.59 Å². The molecule has 1 aliphatic carbocycles. The Morgan fingerprint density at radius 2 is 1.84 bits per heavy atom. The van der Waals surface area contributed by atoms with Gasteiger partial charge in [-0.25, -0.2) is 0 Å². The van der Waals surface area contributed by atoms with Gasteiger partial charge in [-0.15, -0.1) is 0 Å². The van der Waals surface area contributed by atoms with Gasteiger partial charge in [0.2, 0.25) is 11.8 Å². The molecule has 1 rings (SSSR count). The summed E-state index contributed by atoms with van der Waals surface area (Å²) in [7, 11) is 0. The molecule has 0 aromatic carbocycles. The van der Waals surface area contributed by atoms with Gasteiger partial charge in [-0.2, -0.15) is 0 Å². The summed E-state index contributed by atoms with van der Waals surface area (Å²) >= 11 is 0. The van der Waals surface area contributed by atoms with Gasteiger partial charge >= 0.3 is 0 Å². The fourth-order valence-corrected chi connectivity index (χ4v) is 2.48. The molecule has 0 bridgehead atoms. The second kappa shape index (κ2) is 6.40. The summed E-state index contributed by atoms with van der Waals surface area (Å²) in [6.45, 7) is 7.89. The molecular weight excluding hydrogens is 240 g/mol. The minimum absolute atomic E-state index is 0.0170. The van der Waals surface area contributed by atoms with Crippen LogP contribution in [0.2, 0.25) is 0 Å². The SMILES string of the molecule is CCC[C@H](C(N)=O)[C@@H](CC1CC1)C(=O)NC(C)(C)C. The van der Waals surface area contributed by atoms with Crippen LogP contribution in [0.15, 0.2) is 0 Å². The van der Waals surface area contributed by atoms with E-state index in [1.165, 1.54) is 12.8 Å². The molecule has 0 radical (unpaired) electrons. The van der Waals surface area contributed by atoms with Crippen molar-refractivity contribution in [1.82, 2.24) is 5.32 Å². The average molecular weight is 268 g/mol. The Kier molecular flexibility index (Phi) is 5.39. The normalized spacial score (nSPS) is 18.7. The van der Waals surface area contributed by atoms with Crippen molar-refractivity contribution in [3.8, 4) is 0 Å². The number of nitrogens with one attached hydrogen (secondary N) is 1. The van der Waals surface area contributed by atoms with Crippen molar-refractivity contribution in [2.45, 2.75) is 65.3 Å². The van der Waals surface area contributed by atoms with E-state index in [1.54, 1.807) is 0 Å². The molecule has 2 atom stereocenters. The van der Waals surface area contributed by atoms with E-state index in [4.69, 9.17) is 5.73 Å². The number of carbonyl (C=O) groups excluding carboxylic acids is 2. The van der Waals surface area contributed by atoms with Crippen molar-refractivity contribution < 1.29 is 9.59 Å². The molecule has 3 N–H and O–H groups in total. The number of hydrogen-bond acceptors (Lipinski definition) is 2. The Hall–Kier alpha value is -1.06. The van der Waals surface area contributed by atoms with E-state index in [-0.39, 0.29) is 29.2 Å². The van der Waals surface area contributed by atoms with E-state index >= 15 is 0 Å². The largest absolute Gasteiger partial charge is 0.369 e. The van der Waals surface area contributed by atoms with Gasteiger partial charge in [0.15, 0.2) is 0 Å². The number of nitrogens with two attached hydrogens (primary N) is 1. The van der Waals surface area contributed by atoms with Crippen LogP contribution >= 0.6 is 0 Å². The fraction of sp³-hybridized carbons (Fsp3) is 0.867. The number of primary amides is 1. The molecule has 0 saturated heterocycles. The molecule has 2 amide bonds. The molecule has 0 heterocycles. The smallest absolute Gasteiger partial charge is 0.224 e. The molecule has 0 aromatic rings. The Morgan fingerprint density at radius 3 is 2.21 bits per heavy atom. The summed E-state index contributed by atoms with van der Waals surface area (Å²) in [4.78, 5) is 24.1. The van der Waals surface area contributed by atoms with E-state index in [0.717, 1.165) is 12.8 Å². The van der Waals surface area contributed by atoms with Crippen molar-refractivity contribution in [1.29, 1.82) is 0 Å². The van der Waals surface area contributed by atoms with Crippen LogP contribution in [-0.4, -0.2) is 17.4 Å². The van der Waals surface area contributed by atoms with Gasteiger partial charge in [0.25, 0.3) is 0 Å². The van der Waals surface area contributed by atoms with Crippen LogP contribution in [0.5, 0.6) is 0 Å². The second-order valence-corrected chi connectivity index (χ2v) is 6.82. The minimum atomic E-state index is -0.337. The molecule has 0 aliphatic heterocycles. The Morgan fingerprint density at radius 1 is 1.26 bits per heavy atom. The lowest BCUT2D eigenvalue weighted by molar-refractivity contribution is -0.135. The zero-order valence-corrected chi connectivity index (χ0v) is 12.7. The molecule has 4 nitrogen and oxygen atoms in total. The van der Waals surface area contributed by atoms with Crippen LogP contribution in [0.4, 0.5) is 0 Å². The predicted molar refractivity (Wildman–Crippen MR) is 76.3 cm³/mol. The highest BCUT2D eigenvalue weighted by atomic mass is 16.2. The third-order valence-electron chi connectivity index (χ3n) is 3.57. The van der Waals surface area contributed by atoms with Gasteiger partial charge in [0.1, 0.15) is 0 Å². The first kappa shape index (κ1) is 16.0. The molecule has 0 aromatic heterocycles. The Labute approximate surface area is 116 Å². The molecule has 1 fully saturated rings. The van der Waals surface area contributed by atoms with Crippen LogP contribution in [0.25, 0.3) is 0 Å². The molecular formula is C15H28N2O2. The molecule has 0 spiro atoms. The van der Waals surface area contributed by atoms with Crippen LogP contribution < -0.4 is 11.1 Å². The highest BCUT2D eigenvalue weighted by molar-refractivity contribution is 5.87. The maximum absolute atomic E-state index is 12.4. The van der Waals surface area contributed by atoms with E-state index in [1.807, 2.05) is 27.7 Å². The first-order chi connectivity index (χ1) is 8.74. The molecule has 110 valence electrons. The summed E-state index contributed by atoms with van der Waals surface area (Å²) in [6, 6.07) is 0. The first-order valence-electron chi connectivity index (χ1n) is 7.36. The van der Waals surface area contributed by atoms with Gasteiger partial charge in [-0.05, 0) is 39.5 Å².